The van der Waals surface area contributed by atoms with Gasteiger partial charge >= 0.3 is 5.76 Å². The monoisotopic (exact) mass is 320 g/mol. The first-order valence-electron chi connectivity index (χ1n) is 6.16. The third-order valence-electron chi connectivity index (χ3n) is 2.97. The van der Waals surface area contributed by atoms with Crippen molar-refractivity contribution in [2.45, 2.75) is 26.5 Å². The van der Waals surface area contributed by atoms with Crippen LogP contribution in [0.3, 0.4) is 0 Å². The molecule has 1 N–H and O–H groups in total. The summed E-state index contributed by atoms with van der Waals surface area (Å²) < 4.78 is 47.4. The van der Waals surface area contributed by atoms with Gasteiger partial charge in [0.1, 0.15) is 0 Å². The molecule has 0 radical (unpaired) electrons. The van der Waals surface area contributed by atoms with E-state index >= 15 is 0 Å². The highest BCUT2D eigenvalue weighted by Gasteiger charge is 2.30. The lowest BCUT2D eigenvalue weighted by Crippen LogP contribution is -2.38. The van der Waals surface area contributed by atoms with E-state index in [2.05, 4.69) is 5.32 Å². The lowest BCUT2D eigenvalue weighted by Gasteiger charge is -2.17. The number of likely N-dealkylation sites (N-methyl/N-ethyl adjacent to an activating group) is 1. The number of halogens is 2. The van der Waals surface area contributed by atoms with Crippen molar-refractivity contribution in [2.75, 3.05) is 18.9 Å². The van der Waals surface area contributed by atoms with Crippen LogP contribution >= 0.6 is 0 Å². The van der Waals surface area contributed by atoms with Crippen LogP contribution in [0.25, 0.3) is 0 Å². The largest absolute Gasteiger partial charge is 0.350 e. The van der Waals surface area contributed by atoms with Crippen molar-refractivity contribution in [3.8, 4) is 0 Å². The Morgan fingerprint density at radius 1 is 1.24 bits per heavy atom. The number of nitrogens with zero attached hydrogens (tertiary/aromatic N) is 1. The Morgan fingerprint density at radius 3 is 2.14 bits per heavy atom. The Balaban J connectivity index is 2.85. The van der Waals surface area contributed by atoms with Crippen LogP contribution in [0.5, 0.6) is 0 Å². The molecule has 1 aromatic carbocycles. The summed E-state index contributed by atoms with van der Waals surface area (Å²) >= 11 is 0. The van der Waals surface area contributed by atoms with E-state index in [1.165, 1.54) is 0 Å². The van der Waals surface area contributed by atoms with Crippen LogP contribution in [0.2, 0.25) is 0 Å². The molecule has 0 aromatic heterocycles. The molecule has 1 amide bonds. The molecule has 1 aromatic rings. The second-order valence-electron chi connectivity index (χ2n) is 4.88. The molecule has 0 spiro atoms. The van der Waals surface area contributed by atoms with Crippen molar-refractivity contribution < 1.29 is 22.0 Å². The minimum absolute atomic E-state index is 0.339. The Kier molecular flexibility index (Phi) is 5.41. The van der Waals surface area contributed by atoms with Crippen molar-refractivity contribution in [1.82, 2.24) is 4.31 Å². The maximum absolute atomic E-state index is 12.4. The van der Waals surface area contributed by atoms with Gasteiger partial charge in [-0.15, -0.1) is 0 Å². The third-order valence-corrected chi connectivity index (χ3v) is 4.42. The Bertz CT molecular complexity index is 622. The quantitative estimate of drug-likeness (QED) is 0.903. The Labute approximate surface area is 123 Å². The smallest absolute Gasteiger partial charge is 0.324 e. The van der Waals surface area contributed by atoms with E-state index in [1.54, 1.807) is 13.8 Å². The van der Waals surface area contributed by atoms with E-state index in [0.29, 0.717) is 9.99 Å². The van der Waals surface area contributed by atoms with Crippen LogP contribution in [0, 0.1) is 20.8 Å². The molecular weight excluding hydrogens is 302 g/mol. The second-order valence-corrected chi connectivity index (χ2v) is 6.89. The van der Waals surface area contributed by atoms with Gasteiger partial charge in [-0.3, -0.25) is 4.79 Å². The lowest BCUT2D eigenvalue weighted by molar-refractivity contribution is -0.116. The van der Waals surface area contributed by atoms with Crippen LogP contribution in [-0.2, 0) is 14.8 Å². The number of anilines is 1. The molecule has 1 rings (SSSR count). The van der Waals surface area contributed by atoms with Gasteiger partial charge in [-0.1, -0.05) is 17.7 Å². The summed E-state index contributed by atoms with van der Waals surface area (Å²) in [6.45, 7) is 4.85. The van der Waals surface area contributed by atoms with Crippen molar-refractivity contribution in [1.29, 1.82) is 0 Å². The zero-order chi connectivity index (χ0) is 16.4. The number of aryl methyl sites for hydroxylation is 3. The van der Waals surface area contributed by atoms with Gasteiger partial charge in [0.2, 0.25) is 5.91 Å². The molecule has 0 aliphatic rings. The fourth-order valence-corrected chi connectivity index (χ4v) is 2.55. The predicted molar refractivity (Wildman–Crippen MR) is 76.8 cm³/mol. The molecule has 0 heterocycles. The average molecular weight is 320 g/mol. The highest BCUT2D eigenvalue weighted by atomic mass is 32.2. The number of nitrogens with one attached hydrogen (secondary N) is 1. The number of amides is 1. The van der Waals surface area contributed by atoms with Gasteiger partial charge in [-0.05, 0) is 31.9 Å². The summed E-state index contributed by atoms with van der Waals surface area (Å²) in [6.07, 6.45) is 0. The molecule has 0 atom stereocenters. The van der Waals surface area contributed by atoms with Crippen molar-refractivity contribution in [3.63, 3.8) is 0 Å². The lowest BCUT2D eigenvalue weighted by atomic mass is 10.1. The average Bonchev–Trinajstić information content (AvgIpc) is 2.33. The molecule has 0 saturated carbocycles. The molecule has 8 heteroatoms. The van der Waals surface area contributed by atoms with E-state index in [4.69, 9.17) is 0 Å². The standard InChI is InChI=1S/C13H18F2N2O3S/c1-8-5-9(2)12(10(3)6-8)16-11(18)7-17(4)21(19,20)13(14)15/h5-6,13H,7H2,1-4H3,(H,16,18). The number of carbonyl (C=O) groups is 1. The van der Waals surface area contributed by atoms with Gasteiger partial charge in [-0.2, -0.15) is 13.1 Å². The summed E-state index contributed by atoms with van der Waals surface area (Å²) in [5.41, 5.74) is 3.23. The van der Waals surface area contributed by atoms with Crippen LogP contribution in [0.15, 0.2) is 12.1 Å². The zero-order valence-corrected chi connectivity index (χ0v) is 13.1. The number of rotatable bonds is 5. The van der Waals surface area contributed by atoms with Crippen LogP contribution in [0.4, 0.5) is 14.5 Å². The van der Waals surface area contributed by atoms with Crippen molar-refractivity contribution >= 4 is 21.6 Å². The molecule has 21 heavy (non-hydrogen) atoms. The molecule has 0 aliphatic carbocycles. The minimum atomic E-state index is -4.75. The normalized spacial score (nSPS) is 12.0. The first-order chi connectivity index (χ1) is 9.55. The first-order valence-corrected chi connectivity index (χ1v) is 7.67. The topological polar surface area (TPSA) is 66.5 Å². The molecule has 0 aliphatic heterocycles. The predicted octanol–water partition coefficient (Wildman–Crippen LogP) is 2.03. The van der Waals surface area contributed by atoms with E-state index < -0.39 is 28.2 Å². The number of hydrogen-bond acceptors (Lipinski definition) is 3. The Morgan fingerprint density at radius 2 is 1.71 bits per heavy atom. The van der Waals surface area contributed by atoms with E-state index in [1.807, 2.05) is 19.1 Å². The number of benzene rings is 1. The number of sulfonamides is 1. The number of hydrogen-bond donors (Lipinski definition) is 1. The number of alkyl halides is 2. The van der Waals surface area contributed by atoms with E-state index in [-0.39, 0.29) is 0 Å². The Hall–Kier alpha value is -1.54. The minimum Gasteiger partial charge on any atom is -0.324 e. The molecule has 118 valence electrons. The number of carbonyl (C=O) groups excluding carboxylic acids is 1. The molecular formula is C13H18F2N2O3S. The van der Waals surface area contributed by atoms with Crippen molar-refractivity contribution in [3.05, 3.63) is 28.8 Å². The molecule has 0 bridgehead atoms. The van der Waals surface area contributed by atoms with Gasteiger partial charge in [0.05, 0.1) is 6.54 Å². The summed E-state index contributed by atoms with van der Waals surface area (Å²) in [6, 6.07) is 3.73. The SMILES string of the molecule is Cc1cc(C)c(NC(=O)CN(C)S(=O)(=O)C(F)F)c(C)c1. The fraction of sp³-hybridized carbons (Fsp3) is 0.462. The summed E-state index contributed by atoms with van der Waals surface area (Å²) in [7, 11) is -3.81. The maximum Gasteiger partial charge on any atom is 0.350 e. The summed E-state index contributed by atoms with van der Waals surface area (Å²) in [5, 5.41) is 2.56. The third kappa shape index (κ3) is 4.21. The van der Waals surface area contributed by atoms with Crippen LogP contribution in [-0.4, -0.2) is 38.0 Å². The van der Waals surface area contributed by atoms with E-state index in [9.17, 15) is 22.0 Å². The molecule has 0 saturated heterocycles. The fourth-order valence-electron chi connectivity index (χ4n) is 1.98. The molecule has 0 fully saturated rings. The summed E-state index contributed by atoms with van der Waals surface area (Å²) in [4.78, 5) is 11.8. The zero-order valence-electron chi connectivity index (χ0n) is 12.3. The van der Waals surface area contributed by atoms with Crippen LogP contribution < -0.4 is 5.32 Å². The second kappa shape index (κ2) is 6.48. The highest BCUT2D eigenvalue weighted by molar-refractivity contribution is 7.89. The van der Waals surface area contributed by atoms with Gasteiger partial charge in [0, 0.05) is 12.7 Å². The van der Waals surface area contributed by atoms with Crippen LogP contribution in [0.1, 0.15) is 16.7 Å². The van der Waals surface area contributed by atoms with Crippen molar-refractivity contribution in [2.24, 2.45) is 0 Å². The van der Waals surface area contributed by atoms with Gasteiger partial charge < -0.3 is 5.32 Å². The maximum atomic E-state index is 12.4. The highest BCUT2D eigenvalue weighted by Crippen LogP contribution is 2.22. The van der Waals surface area contributed by atoms with E-state index in [0.717, 1.165) is 23.7 Å². The summed E-state index contributed by atoms with van der Waals surface area (Å²) in [5.74, 6) is -4.21. The van der Waals surface area contributed by atoms with Gasteiger partial charge in [0.15, 0.2) is 0 Å². The molecule has 0 unspecified atom stereocenters. The van der Waals surface area contributed by atoms with Gasteiger partial charge in [-0.25, -0.2) is 8.42 Å². The first kappa shape index (κ1) is 17.5. The molecule has 5 nitrogen and oxygen atoms in total. The van der Waals surface area contributed by atoms with Gasteiger partial charge in [0.25, 0.3) is 10.0 Å².